The molecule has 1 aromatic carbocycles. The Hall–Kier alpha value is -3.06. The van der Waals surface area contributed by atoms with Crippen LogP contribution in [0, 0.1) is 0 Å². The molecule has 0 saturated carbocycles. The fraction of sp³-hybridized carbons (Fsp3) is 0.300. The number of benzene rings is 1. The van der Waals surface area contributed by atoms with Gasteiger partial charge in [0.15, 0.2) is 11.5 Å². The highest BCUT2D eigenvalue weighted by Crippen LogP contribution is 2.31. The van der Waals surface area contributed by atoms with Gasteiger partial charge in [-0.25, -0.2) is 4.98 Å². The number of hydrogen-bond donors (Lipinski definition) is 1. The molecular formula is C20H22N4O3. The summed E-state index contributed by atoms with van der Waals surface area (Å²) in [4.78, 5) is 19.5. The van der Waals surface area contributed by atoms with E-state index in [4.69, 9.17) is 15.2 Å². The topological polar surface area (TPSA) is 82.1 Å². The summed E-state index contributed by atoms with van der Waals surface area (Å²) in [6.07, 6.45) is 2.80. The maximum Gasteiger partial charge on any atom is 0.258 e. The van der Waals surface area contributed by atoms with Gasteiger partial charge < -0.3 is 20.1 Å². The summed E-state index contributed by atoms with van der Waals surface area (Å²) in [5.74, 6) is 1.23. The fourth-order valence-corrected chi connectivity index (χ4v) is 3.44. The molecule has 1 aliphatic heterocycles. The zero-order chi connectivity index (χ0) is 19.0. The number of ether oxygens (including phenoxy) is 2. The molecule has 7 heteroatoms. The summed E-state index contributed by atoms with van der Waals surface area (Å²) in [7, 11) is 3.17. The van der Waals surface area contributed by atoms with Gasteiger partial charge in [-0.1, -0.05) is 0 Å². The fourth-order valence-electron chi connectivity index (χ4n) is 3.44. The molecule has 0 bridgehead atoms. The van der Waals surface area contributed by atoms with Crippen molar-refractivity contribution in [2.24, 2.45) is 5.73 Å². The minimum atomic E-state index is -0.130. The highest BCUT2D eigenvalue weighted by Gasteiger charge is 2.20. The lowest BCUT2D eigenvalue weighted by Crippen LogP contribution is -2.27. The Morgan fingerprint density at radius 2 is 1.93 bits per heavy atom. The number of rotatable bonds is 4. The summed E-state index contributed by atoms with van der Waals surface area (Å²) < 4.78 is 12.2. The van der Waals surface area contributed by atoms with E-state index < -0.39 is 0 Å². The molecule has 27 heavy (non-hydrogen) atoms. The lowest BCUT2D eigenvalue weighted by Gasteiger charge is -2.18. The van der Waals surface area contributed by atoms with Gasteiger partial charge in [-0.3, -0.25) is 9.20 Å². The van der Waals surface area contributed by atoms with E-state index in [0.29, 0.717) is 22.8 Å². The Morgan fingerprint density at radius 1 is 1.11 bits per heavy atom. The van der Waals surface area contributed by atoms with Crippen LogP contribution in [-0.2, 0) is 0 Å². The highest BCUT2D eigenvalue weighted by molar-refractivity contribution is 5.66. The van der Waals surface area contributed by atoms with Gasteiger partial charge in [-0.2, -0.15) is 0 Å². The van der Waals surface area contributed by atoms with E-state index in [9.17, 15) is 4.79 Å². The van der Waals surface area contributed by atoms with Crippen LogP contribution in [0.5, 0.6) is 11.5 Å². The second kappa shape index (κ2) is 6.92. The van der Waals surface area contributed by atoms with Crippen molar-refractivity contribution in [3.8, 4) is 22.8 Å². The van der Waals surface area contributed by atoms with E-state index in [1.165, 1.54) is 6.07 Å². The molecule has 2 N–H and O–H groups in total. The van der Waals surface area contributed by atoms with Crippen molar-refractivity contribution in [2.75, 3.05) is 32.2 Å². The summed E-state index contributed by atoms with van der Waals surface area (Å²) in [6.45, 7) is 1.70. The second-order valence-corrected chi connectivity index (χ2v) is 6.66. The number of hydrogen-bond acceptors (Lipinski definition) is 6. The molecule has 0 unspecified atom stereocenters. The SMILES string of the molecule is COc1ccc(-c2cc(=O)n3cc(N4CC[C@H](N)C4)ccc3n2)cc1OC. The number of pyridine rings is 1. The standard InChI is InChI=1S/C20H22N4O3/c1-26-17-5-3-13(9-18(17)27-2)16-10-20(25)24-12-15(4-6-19(24)22-16)23-8-7-14(21)11-23/h3-6,9-10,12,14H,7-8,11,21H2,1-2H3/t14-/m0/s1. The van der Waals surface area contributed by atoms with Gasteiger partial charge in [-0.05, 0) is 36.8 Å². The Balaban J connectivity index is 1.75. The molecule has 7 nitrogen and oxygen atoms in total. The van der Waals surface area contributed by atoms with Gasteiger partial charge in [0.2, 0.25) is 0 Å². The Labute approximate surface area is 157 Å². The average molecular weight is 366 g/mol. The van der Waals surface area contributed by atoms with Gasteiger partial charge in [0.25, 0.3) is 5.56 Å². The van der Waals surface area contributed by atoms with Crippen LogP contribution in [-0.4, -0.2) is 42.7 Å². The molecule has 3 aromatic rings. The van der Waals surface area contributed by atoms with Gasteiger partial charge in [0, 0.05) is 37.0 Å². The van der Waals surface area contributed by atoms with Gasteiger partial charge in [-0.15, -0.1) is 0 Å². The second-order valence-electron chi connectivity index (χ2n) is 6.66. The molecule has 1 fully saturated rings. The normalized spacial score (nSPS) is 16.7. The van der Waals surface area contributed by atoms with Crippen molar-refractivity contribution in [1.82, 2.24) is 9.38 Å². The van der Waals surface area contributed by atoms with Crippen LogP contribution in [0.25, 0.3) is 16.9 Å². The van der Waals surface area contributed by atoms with Crippen molar-refractivity contribution in [2.45, 2.75) is 12.5 Å². The van der Waals surface area contributed by atoms with Crippen LogP contribution in [0.3, 0.4) is 0 Å². The van der Waals surface area contributed by atoms with E-state index in [1.54, 1.807) is 24.7 Å². The Morgan fingerprint density at radius 3 is 2.63 bits per heavy atom. The van der Waals surface area contributed by atoms with Crippen molar-refractivity contribution in [3.63, 3.8) is 0 Å². The Bertz CT molecular complexity index is 1050. The van der Waals surface area contributed by atoms with Crippen LogP contribution in [0.4, 0.5) is 5.69 Å². The third-order valence-corrected chi connectivity index (χ3v) is 4.91. The zero-order valence-electron chi connectivity index (χ0n) is 15.4. The number of aromatic nitrogens is 2. The highest BCUT2D eigenvalue weighted by atomic mass is 16.5. The largest absolute Gasteiger partial charge is 0.493 e. The van der Waals surface area contributed by atoms with E-state index in [1.807, 2.05) is 30.5 Å². The predicted molar refractivity (Wildman–Crippen MR) is 105 cm³/mol. The number of methoxy groups -OCH3 is 2. The van der Waals surface area contributed by atoms with E-state index in [0.717, 1.165) is 30.8 Å². The number of nitrogens with two attached hydrogens (primary N) is 1. The molecule has 2 aromatic heterocycles. The van der Waals surface area contributed by atoms with E-state index in [2.05, 4.69) is 9.88 Å². The van der Waals surface area contributed by atoms with Crippen molar-refractivity contribution >= 4 is 11.3 Å². The number of anilines is 1. The number of nitrogens with zero attached hydrogens (tertiary/aromatic N) is 3. The van der Waals surface area contributed by atoms with Crippen molar-refractivity contribution < 1.29 is 9.47 Å². The van der Waals surface area contributed by atoms with Gasteiger partial charge >= 0.3 is 0 Å². The average Bonchev–Trinajstić information content (AvgIpc) is 3.13. The zero-order valence-corrected chi connectivity index (χ0v) is 15.4. The molecular weight excluding hydrogens is 344 g/mol. The van der Waals surface area contributed by atoms with Crippen molar-refractivity contribution in [3.05, 3.63) is 52.9 Å². The monoisotopic (exact) mass is 366 g/mol. The Kier molecular flexibility index (Phi) is 4.45. The molecule has 0 amide bonds. The van der Waals surface area contributed by atoms with Crippen LogP contribution >= 0.6 is 0 Å². The summed E-state index contributed by atoms with van der Waals surface area (Å²) in [5.41, 5.74) is 8.83. The van der Waals surface area contributed by atoms with Crippen LogP contribution in [0.2, 0.25) is 0 Å². The molecule has 3 heterocycles. The van der Waals surface area contributed by atoms with E-state index in [-0.39, 0.29) is 11.6 Å². The molecule has 1 aliphatic rings. The van der Waals surface area contributed by atoms with Crippen LogP contribution in [0.15, 0.2) is 47.4 Å². The van der Waals surface area contributed by atoms with Gasteiger partial charge in [0.05, 0.1) is 25.6 Å². The van der Waals surface area contributed by atoms with Gasteiger partial charge in [0.1, 0.15) is 5.65 Å². The molecule has 0 spiro atoms. The third kappa shape index (κ3) is 3.21. The smallest absolute Gasteiger partial charge is 0.258 e. The first kappa shape index (κ1) is 17.4. The summed E-state index contributed by atoms with van der Waals surface area (Å²) in [6, 6.07) is 11.0. The maximum absolute atomic E-state index is 12.7. The predicted octanol–water partition coefficient (Wildman–Crippen LogP) is 1.92. The third-order valence-electron chi connectivity index (χ3n) is 4.91. The summed E-state index contributed by atoms with van der Waals surface area (Å²) in [5, 5.41) is 0. The first-order chi connectivity index (χ1) is 13.1. The minimum Gasteiger partial charge on any atom is -0.493 e. The first-order valence-corrected chi connectivity index (χ1v) is 8.85. The lowest BCUT2D eigenvalue weighted by atomic mass is 10.1. The lowest BCUT2D eigenvalue weighted by molar-refractivity contribution is 0.355. The van der Waals surface area contributed by atoms with Crippen LogP contribution < -0.4 is 25.7 Å². The molecule has 4 rings (SSSR count). The minimum absolute atomic E-state index is 0.130. The molecule has 0 aliphatic carbocycles. The van der Waals surface area contributed by atoms with Crippen molar-refractivity contribution in [1.29, 1.82) is 0 Å². The molecule has 1 atom stereocenters. The quantitative estimate of drug-likeness (QED) is 0.760. The maximum atomic E-state index is 12.7. The molecule has 0 radical (unpaired) electrons. The van der Waals surface area contributed by atoms with Crippen LogP contribution in [0.1, 0.15) is 6.42 Å². The molecule has 1 saturated heterocycles. The van der Waals surface area contributed by atoms with E-state index >= 15 is 0 Å². The first-order valence-electron chi connectivity index (χ1n) is 8.85. The molecule has 140 valence electrons. The summed E-state index contributed by atoms with van der Waals surface area (Å²) >= 11 is 0. The number of fused-ring (bicyclic) bond motifs is 1.